The van der Waals surface area contributed by atoms with Crippen LogP contribution in [0.5, 0.6) is 0 Å². The number of hydrogen-bond acceptors (Lipinski definition) is 2. The zero-order valence-electron chi connectivity index (χ0n) is 7.38. The summed E-state index contributed by atoms with van der Waals surface area (Å²) in [5, 5.41) is 9.76. The van der Waals surface area contributed by atoms with Crippen LogP contribution >= 0.6 is 15.9 Å². The summed E-state index contributed by atoms with van der Waals surface area (Å²) in [5.74, 6) is 0.0787. The lowest BCUT2D eigenvalue weighted by molar-refractivity contribution is -0.132. The van der Waals surface area contributed by atoms with Gasteiger partial charge in [0.1, 0.15) is 0 Å². The molecule has 2 unspecified atom stereocenters. The van der Waals surface area contributed by atoms with Crippen LogP contribution in [0.15, 0.2) is 0 Å². The first-order valence-corrected chi connectivity index (χ1v) is 4.97. The van der Waals surface area contributed by atoms with E-state index in [9.17, 15) is 9.90 Å². The zero-order chi connectivity index (χ0) is 9.35. The van der Waals surface area contributed by atoms with Crippen LogP contribution in [0.3, 0.4) is 0 Å². The largest absolute Gasteiger partial charge is 0.389 e. The molecular formula is C8H14BrNO2. The van der Waals surface area contributed by atoms with Crippen LogP contribution in [0.25, 0.3) is 0 Å². The molecular weight excluding hydrogens is 222 g/mol. The number of piperidine rings is 1. The molecule has 1 heterocycles. The van der Waals surface area contributed by atoms with Gasteiger partial charge in [-0.2, -0.15) is 0 Å². The van der Waals surface area contributed by atoms with E-state index in [1.165, 1.54) is 0 Å². The van der Waals surface area contributed by atoms with Gasteiger partial charge in [0.15, 0.2) is 0 Å². The summed E-state index contributed by atoms with van der Waals surface area (Å²) in [5.41, 5.74) is -0.675. The molecule has 1 amide bonds. The topological polar surface area (TPSA) is 40.5 Å². The summed E-state index contributed by atoms with van der Waals surface area (Å²) in [6.07, 6.45) is 0.641. The van der Waals surface area contributed by atoms with E-state index in [0.29, 0.717) is 19.5 Å². The molecule has 0 aromatic heterocycles. The van der Waals surface area contributed by atoms with Gasteiger partial charge in [-0.25, -0.2) is 0 Å². The fourth-order valence-electron chi connectivity index (χ4n) is 1.29. The number of carbonyl (C=O) groups is 1. The van der Waals surface area contributed by atoms with E-state index in [1.807, 2.05) is 0 Å². The Morgan fingerprint density at radius 1 is 1.75 bits per heavy atom. The van der Waals surface area contributed by atoms with Gasteiger partial charge in [-0.05, 0) is 13.3 Å². The number of rotatable bonds is 0. The molecule has 70 valence electrons. The molecule has 0 radical (unpaired) electrons. The summed E-state index contributed by atoms with van der Waals surface area (Å²) in [7, 11) is 0. The van der Waals surface area contributed by atoms with E-state index in [4.69, 9.17) is 0 Å². The van der Waals surface area contributed by atoms with Crippen LogP contribution in [0.4, 0.5) is 0 Å². The summed E-state index contributed by atoms with van der Waals surface area (Å²) < 4.78 is 0. The Balaban J connectivity index is 2.58. The van der Waals surface area contributed by atoms with E-state index in [1.54, 1.807) is 18.7 Å². The number of halogens is 1. The minimum Gasteiger partial charge on any atom is -0.389 e. The quantitative estimate of drug-likeness (QED) is 0.630. The minimum atomic E-state index is -0.675. The third-order valence-electron chi connectivity index (χ3n) is 2.39. The number of amides is 1. The van der Waals surface area contributed by atoms with Crippen LogP contribution in [-0.4, -0.2) is 39.4 Å². The highest BCUT2D eigenvalue weighted by molar-refractivity contribution is 9.09. The predicted molar refractivity (Wildman–Crippen MR) is 50.2 cm³/mol. The molecule has 0 aromatic carbocycles. The Kier molecular flexibility index (Phi) is 2.78. The molecule has 3 nitrogen and oxygen atoms in total. The van der Waals surface area contributed by atoms with Crippen molar-refractivity contribution in [1.82, 2.24) is 4.90 Å². The van der Waals surface area contributed by atoms with Gasteiger partial charge in [0.25, 0.3) is 0 Å². The van der Waals surface area contributed by atoms with Crippen molar-refractivity contribution >= 4 is 21.8 Å². The molecule has 1 saturated heterocycles. The normalized spacial score (nSPS) is 36.7. The molecule has 1 fully saturated rings. The highest BCUT2D eigenvalue weighted by atomic mass is 79.9. The lowest BCUT2D eigenvalue weighted by Crippen LogP contribution is -2.52. The van der Waals surface area contributed by atoms with Crippen LogP contribution in [0.2, 0.25) is 0 Å². The molecule has 0 aromatic rings. The second-order valence-corrected chi connectivity index (χ2v) is 4.65. The highest BCUT2D eigenvalue weighted by Gasteiger charge is 2.36. The van der Waals surface area contributed by atoms with Gasteiger partial charge in [-0.3, -0.25) is 4.79 Å². The first-order chi connectivity index (χ1) is 5.43. The van der Waals surface area contributed by atoms with E-state index < -0.39 is 5.60 Å². The average molecular weight is 236 g/mol. The summed E-state index contributed by atoms with van der Waals surface area (Å²) >= 11 is 3.37. The van der Waals surface area contributed by atoms with E-state index in [2.05, 4.69) is 15.9 Å². The standard InChI is InChI=1S/C8H14BrNO2/c1-6(11)10-4-3-8(2,12)7(9)5-10/h7,12H,3-5H2,1-2H3. The van der Waals surface area contributed by atoms with Gasteiger partial charge in [-0.1, -0.05) is 15.9 Å². The first kappa shape index (κ1) is 9.99. The summed E-state index contributed by atoms with van der Waals surface area (Å²) in [6, 6.07) is 0. The first-order valence-electron chi connectivity index (χ1n) is 4.05. The monoisotopic (exact) mass is 235 g/mol. The Morgan fingerprint density at radius 2 is 2.33 bits per heavy atom. The second kappa shape index (κ2) is 3.34. The summed E-state index contributed by atoms with van der Waals surface area (Å²) in [4.78, 5) is 12.7. The third kappa shape index (κ3) is 1.98. The maximum absolute atomic E-state index is 11.0. The lowest BCUT2D eigenvalue weighted by Gasteiger charge is -2.39. The van der Waals surface area contributed by atoms with Gasteiger partial charge in [0.05, 0.1) is 10.4 Å². The smallest absolute Gasteiger partial charge is 0.219 e. The molecule has 1 aliphatic heterocycles. The number of aliphatic hydroxyl groups is 1. The van der Waals surface area contributed by atoms with Gasteiger partial charge in [0, 0.05) is 20.0 Å². The lowest BCUT2D eigenvalue weighted by atomic mass is 9.94. The zero-order valence-corrected chi connectivity index (χ0v) is 8.97. The Bertz CT molecular complexity index is 193. The van der Waals surface area contributed by atoms with Crippen molar-refractivity contribution in [2.45, 2.75) is 30.7 Å². The number of hydrogen-bond donors (Lipinski definition) is 1. The molecule has 2 atom stereocenters. The van der Waals surface area contributed by atoms with Crippen molar-refractivity contribution in [2.24, 2.45) is 0 Å². The molecule has 0 spiro atoms. The van der Waals surface area contributed by atoms with Crippen LogP contribution in [0.1, 0.15) is 20.3 Å². The molecule has 1 rings (SSSR count). The Hall–Kier alpha value is -0.0900. The number of nitrogens with zero attached hydrogens (tertiary/aromatic N) is 1. The minimum absolute atomic E-state index is 0.0114. The molecule has 12 heavy (non-hydrogen) atoms. The third-order valence-corrected chi connectivity index (χ3v) is 3.66. The van der Waals surface area contributed by atoms with Crippen molar-refractivity contribution in [3.8, 4) is 0 Å². The van der Waals surface area contributed by atoms with Gasteiger partial charge < -0.3 is 10.0 Å². The molecule has 0 saturated carbocycles. The van der Waals surface area contributed by atoms with E-state index >= 15 is 0 Å². The number of alkyl halides is 1. The Labute approximate surface area is 80.9 Å². The fraction of sp³-hybridized carbons (Fsp3) is 0.875. The van der Waals surface area contributed by atoms with Crippen molar-refractivity contribution in [1.29, 1.82) is 0 Å². The van der Waals surface area contributed by atoms with Crippen LogP contribution < -0.4 is 0 Å². The van der Waals surface area contributed by atoms with Gasteiger partial charge in [-0.15, -0.1) is 0 Å². The molecule has 1 aliphatic rings. The van der Waals surface area contributed by atoms with E-state index in [0.717, 1.165) is 0 Å². The molecule has 0 aliphatic carbocycles. The fourth-order valence-corrected chi connectivity index (χ4v) is 1.86. The maximum atomic E-state index is 11.0. The van der Waals surface area contributed by atoms with Crippen molar-refractivity contribution in [2.75, 3.05) is 13.1 Å². The number of likely N-dealkylation sites (tertiary alicyclic amines) is 1. The molecule has 0 bridgehead atoms. The maximum Gasteiger partial charge on any atom is 0.219 e. The number of carbonyl (C=O) groups excluding carboxylic acids is 1. The SMILES string of the molecule is CC(=O)N1CCC(C)(O)C(Br)C1. The van der Waals surface area contributed by atoms with Crippen LogP contribution in [-0.2, 0) is 4.79 Å². The van der Waals surface area contributed by atoms with Gasteiger partial charge in [0.2, 0.25) is 5.91 Å². The average Bonchev–Trinajstić information content (AvgIpc) is 1.94. The van der Waals surface area contributed by atoms with Crippen molar-refractivity contribution in [3.05, 3.63) is 0 Å². The molecule has 1 N–H and O–H groups in total. The predicted octanol–water partition coefficient (Wildman–Crippen LogP) is 0.753. The highest BCUT2D eigenvalue weighted by Crippen LogP contribution is 2.27. The second-order valence-electron chi connectivity index (χ2n) is 3.54. The van der Waals surface area contributed by atoms with E-state index in [-0.39, 0.29) is 10.7 Å². The van der Waals surface area contributed by atoms with Crippen molar-refractivity contribution in [3.63, 3.8) is 0 Å². The summed E-state index contributed by atoms with van der Waals surface area (Å²) in [6.45, 7) is 4.61. The van der Waals surface area contributed by atoms with Crippen LogP contribution in [0, 0.1) is 0 Å². The van der Waals surface area contributed by atoms with Gasteiger partial charge >= 0.3 is 0 Å². The molecule has 4 heteroatoms. The Morgan fingerprint density at radius 3 is 2.75 bits per heavy atom. The van der Waals surface area contributed by atoms with Crippen molar-refractivity contribution < 1.29 is 9.90 Å².